The fourth-order valence-corrected chi connectivity index (χ4v) is 0.920. The Kier molecular flexibility index (Phi) is 3.27. The van der Waals surface area contributed by atoms with Crippen molar-refractivity contribution in [1.29, 1.82) is 0 Å². The molecule has 0 radical (unpaired) electrons. The van der Waals surface area contributed by atoms with Gasteiger partial charge in [-0.1, -0.05) is 0 Å². The minimum absolute atomic E-state index is 0.530. The highest BCUT2D eigenvalue weighted by molar-refractivity contribution is 5.36. The first-order valence-corrected chi connectivity index (χ1v) is 3.52. The first-order chi connectivity index (χ1) is 6.57. The first kappa shape index (κ1) is 10.7. The number of rotatable bonds is 3. The molecule has 0 atom stereocenters. The molecule has 0 bridgehead atoms. The van der Waals surface area contributed by atoms with Gasteiger partial charge < -0.3 is 4.74 Å². The van der Waals surface area contributed by atoms with Gasteiger partial charge in [0.2, 0.25) is 12.7 Å². The quantitative estimate of drug-likeness (QED) is 0.699. The minimum Gasteiger partial charge on any atom is -0.459 e. The van der Waals surface area contributed by atoms with Crippen molar-refractivity contribution in [3.8, 4) is 5.75 Å². The maximum absolute atomic E-state index is 12.8. The van der Waals surface area contributed by atoms with Gasteiger partial charge in [-0.3, -0.25) is 0 Å². The van der Waals surface area contributed by atoms with Crippen molar-refractivity contribution in [1.82, 2.24) is 0 Å². The van der Waals surface area contributed by atoms with Gasteiger partial charge in [0.05, 0.1) is 5.56 Å². The Morgan fingerprint density at radius 2 is 1.86 bits per heavy atom. The molecule has 0 aliphatic heterocycles. The van der Waals surface area contributed by atoms with Gasteiger partial charge in [-0.25, -0.2) is 17.6 Å². The lowest BCUT2D eigenvalue weighted by Gasteiger charge is -2.09. The van der Waals surface area contributed by atoms with Crippen molar-refractivity contribution in [2.45, 2.75) is 6.43 Å². The van der Waals surface area contributed by atoms with E-state index in [-0.39, 0.29) is 0 Å². The molecule has 6 heteroatoms. The van der Waals surface area contributed by atoms with E-state index in [0.29, 0.717) is 12.1 Å². The SMILES string of the molecule is FCOc1c(C(F)F)ccc(F)c1F. The van der Waals surface area contributed by atoms with Crippen molar-refractivity contribution in [2.75, 3.05) is 6.86 Å². The van der Waals surface area contributed by atoms with Gasteiger partial charge in [0.1, 0.15) is 0 Å². The highest BCUT2D eigenvalue weighted by atomic mass is 19.3. The van der Waals surface area contributed by atoms with E-state index in [1.54, 1.807) is 0 Å². The van der Waals surface area contributed by atoms with Crippen molar-refractivity contribution in [3.63, 3.8) is 0 Å². The summed E-state index contributed by atoms with van der Waals surface area (Å²) in [5.74, 6) is -4.05. The van der Waals surface area contributed by atoms with E-state index in [9.17, 15) is 22.0 Å². The Labute approximate surface area is 76.1 Å². The third-order valence-corrected chi connectivity index (χ3v) is 1.51. The maximum atomic E-state index is 12.8. The second kappa shape index (κ2) is 4.26. The van der Waals surface area contributed by atoms with Crippen LogP contribution in [0.15, 0.2) is 12.1 Å². The molecule has 0 spiro atoms. The summed E-state index contributed by atoms with van der Waals surface area (Å²) in [7, 11) is 0. The van der Waals surface area contributed by atoms with Gasteiger partial charge in [-0.05, 0) is 12.1 Å². The lowest BCUT2D eigenvalue weighted by molar-refractivity contribution is 0.132. The molecule has 0 aliphatic carbocycles. The second-order valence-corrected chi connectivity index (χ2v) is 2.33. The minimum atomic E-state index is -3.05. The van der Waals surface area contributed by atoms with E-state index in [2.05, 4.69) is 4.74 Å². The molecule has 1 aromatic carbocycles. The fraction of sp³-hybridized carbons (Fsp3) is 0.250. The molecule has 0 aromatic heterocycles. The molecule has 1 aromatic rings. The van der Waals surface area contributed by atoms with Crippen LogP contribution in [0.2, 0.25) is 0 Å². The molecule has 0 unspecified atom stereocenters. The third-order valence-electron chi connectivity index (χ3n) is 1.51. The Hall–Kier alpha value is -1.33. The molecule has 0 saturated carbocycles. The van der Waals surface area contributed by atoms with Gasteiger partial charge in [0.25, 0.3) is 6.43 Å². The monoisotopic (exact) mass is 212 g/mol. The summed E-state index contributed by atoms with van der Waals surface area (Å²) in [6.07, 6.45) is -3.05. The second-order valence-electron chi connectivity index (χ2n) is 2.33. The molecule has 78 valence electrons. The van der Waals surface area contributed by atoms with E-state index < -0.39 is 36.2 Å². The summed E-state index contributed by atoms with van der Waals surface area (Å²) in [6.45, 7) is -1.50. The number of benzene rings is 1. The van der Waals surface area contributed by atoms with Crippen LogP contribution in [0.3, 0.4) is 0 Å². The summed E-state index contributed by atoms with van der Waals surface area (Å²) >= 11 is 0. The fourth-order valence-electron chi connectivity index (χ4n) is 0.920. The summed E-state index contributed by atoms with van der Waals surface area (Å²) in [6, 6.07) is 1.18. The van der Waals surface area contributed by atoms with Crippen LogP contribution in [0, 0.1) is 11.6 Å². The Morgan fingerprint density at radius 3 is 2.36 bits per heavy atom. The van der Waals surface area contributed by atoms with Crippen molar-refractivity contribution in [3.05, 3.63) is 29.3 Å². The van der Waals surface area contributed by atoms with Gasteiger partial charge in [-0.2, -0.15) is 4.39 Å². The lowest BCUT2D eigenvalue weighted by Crippen LogP contribution is -2.01. The van der Waals surface area contributed by atoms with Crippen molar-refractivity contribution >= 4 is 0 Å². The highest BCUT2D eigenvalue weighted by Crippen LogP contribution is 2.32. The maximum Gasteiger partial charge on any atom is 0.267 e. The van der Waals surface area contributed by atoms with Gasteiger partial charge in [0.15, 0.2) is 11.6 Å². The van der Waals surface area contributed by atoms with Crippen molar-refractivity contribution in [2.24, 2.45) is 0 Å². The average molecular weight is 212 g/mol. The Balaban J connectivity index is 3.22. The van der Waals surface area contributed by atoms with Crippen LogP contribution in [0.5, 0.6) is 5.75 Å². The summed E-state index contributed by atoms with van der Waals surface area (Å²) < 4.78 is 65.3. The zero-order valence-corrected chi connectivity index (χ0v) is 6.74. The van der Waals surface area contributed by atoms with Crippen LogP contribution in [0.1, 0.15) is 12.0 Å². The molecule has 0 aliphatic rings. The third kappa shape index (κ3) is 1.94. The Bertz CT molecular complexity index is 326. The molecule has 1 nitrogen and oxygen atoms in total. The van der Waals surface area contributed by atoms with Crippen LogP contribution in [-0.4, -0.2) is 6.86 Å². The van der Waals surface area contributed by atoms with E-state index in [0.717, 1.165) is 0 Å². The smallest absolute Gasteiger partial charge is 0.267 e. The van der Waals surface area contributed by atoms with Crippen molar-refractivity contribution < 1.29 is 26.7 Å². The van der Waals surface area contributed by atoms with Crippen LogP contribution in [0.4, 0.5) is 22.0 Å². The van der Waals surface area contributed by atoms with Gasteiger partial charge in [0, 0.05) is 0 Å². The lowest BCUT2D eigenvalue weighted by atomic mass is 10.2. The summed E-state index contributed by atoms with van der Waals surface area (Å²) in [4.78, 5) is 0. The molecular formula is C8H5F5O. The van der Waals surface area contributed by atoms with Gasteiger partial charge >= 0.3 is 0 Å². The molecule has 0 heterocycles. The number of alkyl halides is 3. The predicted octanol–water partition coefficient (Wildman–Crippen LogP) is 3.21. The summed E-state index contributed by atoms with van der Waals surface area (Å²) in [5, 5.41) is 0. The van der Waals surface area contributed by atoms with Crippen LogP contribution in [-0.2, 0) is 0 Å². The number of ether oxygens (including phenoxy) is 1. The predicted molar refractivity (Wildman–Crippen MR) is 37.9 cm³/mol. The molecule has 1 rings (SSSR count). The zero-order valence-electron chi connectivity index (χ0n) is 6.74. The topological polar surface area (TPSA) is 9.23 Å². The van der Waals surface area contributed by atoms with Gasteiger partial charge in [-0.15, -0.1) is 0 Å². The van der Waals surface area contributed by atoms with E-state index in [1.807, 2.05) is 0 Å². The molecule has 14 heavy (non-hydrogen) atoms. The van der Waals surface area contributed by atoms with E-state index in [4.69, 9.17) is 0 Å². The number of halogens is 5. The zero-order chi connectivity index (χ0) is 10.7. The molecule has 0 saturated heterocycles. The number of hydrogen-bond acceptors (Lipinski definition) is 1. The molecule has 0 fully saturated rings. The Morgan fingerprint density at radius 1 is 1.21 bits per heavy atom. The highest BCUT2D eigenvalue weighted by Gasteiger charge is 2.20. The normalized spacial score (nSPS) is 10.7. The average Bonchev–Trinajstić information content (AvgIpc) is 2.13. The standard InChI is InChI=1S/C8H5F5O/c9-3-14-7-4(8(12)13)1-2-5(10)6(7)11/h1-2,8H,3H2. The molecule has 0 amide bonds. The van der Waals surface area contributed by atoms with Crippen LogP contribution < -0.4 is 4.74 Å². The first-order valence-electron chi connectivity index (χ1n) is 3.52. The van der Waals surface area contributed by atoms with Crippen LogP contribution in [0.25, 0.3) is 0 Å². The van der Waals surface area contributed by atoms with E-state index in [1.165, 1.54) is 0 Å². The van der Waals surface area contributed by atoms with E-state index >= 15 is 0 Å². The van der Waals surface area contributed by atoms with Crippen LogP contribution >= 0.6 is 0 Å². The molecule has 0 N–H and O–H groups in total. The summed E-state index contributed by atoms with van der Waals surface area (Å²) in [5.41, 5.74) is -0.874. The largest absolute Gasteiger partial charge is 0.459 e. The molecular weight excluding hydrogens is 207 g/mol. The number of hydrogen-bond donors (Lipinski definition) is 0.